The van der Waals surface area contributed by atoms with Crippen molar-refractivity contribution in [1.29, 1.82) is 0 Å². The van der Waals surface area contributed by atoms with E-state index >= 15 is 0 Å². The van der Waals surface area contributed by atoms with Gasteiger partial charge in [0.1, 0.15) is 12.3 Å². The highest BCUT2D eigenvalue weighted by Crippen LogP contribution is 2.02. The van der Waals surface area contributed by atoms with Crippen LogP contribution in [-0.4, -0.2) is 37.2 Å². The Bertz CT molecular complexity index is 321. The number of rotatable bonds is 2. The van der Waals surface area contributed by atoms with Crippen LogP contribution in [0.4, 0.5) is 0 Å². The smallest absolute Gasteiger partial charge is 0.191 e. The molecule has 1 aromatic rings. The summed E-state index contributed by atoms with van der Waals surface area (Å²) < 4.78 is 10.4. The lowest BCUT2D eigenvalue weighted by atomic mass is 10.4. The summed E-state index contributed by atoms with van der Waals surface area (Å²) in [7, 11) is 0. The summed E-state index contributed by atoms with van der Waals surface area (Å²) in [5.74, 6) is 1.39. The van der Waals surface area contributed by atoms with E-state index in [0.717, 1.165) is 32.1 Å². The first-order chi connectivity index (χ1) is 7.36. The third kappa shape index (κ3) is 3.67. The van der Waals surface area contributed by atoms with Crippen molar-refractivity contribution in [3.63, 3.8) is 0 Å². The first-order valence-corrected chi connectivity index (χ1v) is 5.01. The fourth-order valence-corrected chi connectivity index (χ4v) is 1.45. The maximum atomic E-state index is 5.84. The largest absolute Gasteiger partial charge is 0.467 e. The summed E-state index contributed by atoms with van der Waals surface area (Å²) in [5, 5.41) is 0. The number of morpholine rings is 1. The van der Waals surface area contributed by atoms with E-state index < -0.39 is 0 Å². The van der Waals surface area contributed by atoms with E-state index in [-0.39, 0.29) is 24.0 Å². The Hall–Kier alpha value is -0.760. The summed E-state index contributed by atoms with van der Waals surface area (Å²) in [6.07, 6.45) is 1.63. The fourth-order valence-electron chi connectivity index (χ4n) is 1.45. The zero-order chi connectivity index (χ0) is 10.5. The molecule has 0 unspecified atom stereocenters. The van der Waals surface area contributed by atoms with Crippen molar-refractivity contribution in [2.24, 2.45) is 10.7 Å². The number of ether oxygens (including phenoxy) is 1. The van der Waals surface area contributed by atoms with Crippen molar-refractivity contribution < 1.29 is 9.15 Å². The predicted octanol–water partition coefficient (Wildman–Crippen LogP) is 1.04. The van der Waals surface area contributed by atoms with Gasteiger partial charge in [0, 0.05) is 13.1 Å². The minimum Gasteiger partial charge on any atom is -0.467 e. The molecule has 16 heavy (non-hydrogen) atoms. The summed E-state index contributed by atoms with van der Waals surface area (Å²) in [6.45, 7) is 3.56. The lowest BCUT2D eigenvalue weighted by molar-refractivity contribution is 0.0674. The third-order valence-electron chi connectivity index (χ3n) is 2.31. The monoisotopic (exact) mass is 337 g/mol. The van der Waals surface area contributed by atoms with E-state index in [9.17, 15) is 0 Å². The molecular formula is C10H16IN3O2. The molecule has 90 valence electrons. The van der Waals surface area contributed by atoms with Crippen LogP contribution in [0.1, 0.15) is 5.76 Å². The zero-order valence-electron chi connectivity index (χ0n) is 8.96. The molecule has 0 aliphatic carbocycles. The summed E-state index contributed by atoms with van der Waals surface area (Å²) in [5.41, 5.74) is 5.84. The maximum Gasteiger partial charge on any atom is 0.191 e. The lowest BCUT2D eigenvalue weighted by Gasteiger charge is -2.27. The number of halogens is 1. The quantitative estimate of drug-likeness (QED) is 0.498. The number of aliphatic imine (C=N–C) groups is 1. The van der Waals surface area contributed by atoms with Gasteiger partial charge in [-0.15, -0.1) is 24.0 Å². The molecule has 1 aliphatic heterocycles. The fraction of sp³-hybridized carbons (Fsp3) is 0.500. The number of nitrogens with two attached hydrogens (primary N) is 1. The van der Waals surface area contributed by atoms with Crippen molar-refractivity contribution in [1.82, 2.24) is 4.90 Å². The van der Waals surface area contributed by atoms with Crippen molar-refractivity contribution >= 4 is 29.9 Å². The van der Waals surface area contributed by atoms with Crippen LogP contribution in [0.15, 0.2) is 27.8 Å². The van der Waals surface area contributed by atoms with Gasteiger partial charge in [-0.3, -0.25) is 0 Å². The normalized spacial score (nSPS) is 17.0. The lowest BCUT2D eigenvalue weighted by Crippen LogP contribution is -2.44. The second kappa shape index (κ2) is 6.74. The Balaban J connectivity index is 0.00000128. The van der Waals surface area contributed by atoms with Crippen LogP contribution in [0.5, 0.6) is 0 Å². The van der Waals surface area contributed by atoms with Crippen LogP contribution in [0, 0.1) is 0 Å². The molecule has 2 rings (SSSR count). The number of guanidine groups is 1. The first kappa shape index (κ1) is 13.3. The molecule has 6 heteroatoms. The molecule has 0 aromatic carbocycles. The van der Waals surface area contributed by atoms with Gasteiger partial charge in [-0.1, -0.05) is 0 Å². The van der Waals surface area contributed by atoms with Gasteiger partial charge in [-0.05, 0) is 12.1 Å². The summed E-state index contributed by atoms with van der Waals surface area (Å²) in [4.78, 5) is 6.28. The van der Waals surface area contributed by atoms with Crippen LogP contribution in [0.25, 0.3) is 0 Å². The minimum atomic E-state index is 0. The molecule has 1 aliphatic rings. The molecule has 2 heterocycles. The Morgan fingerprint density at radius 3 is 2.81 bits per heavy atom. The van der Waals surface area contributed by atoms with Gasteiger partial charge in [0.2, 0.25) is 0 Å². The summed E-state index contributed by atoms with van der Waals surface area (Å²) >= 11 is 0. The molecular weight excluding hydrogens is 321 g/mol. The van der Waals surface area contributed by atoms with E-state index in [2.05, 4.69) is 4.99 Å². The van der Waals surface area contributed by atoms with Crippen LogP contribution in [0.3, 0.4) is 0 Å². The molecule has 1 aromatic heterocycles. The Kier molecular flexibility index (Phi) is 5.61. The zero-order valence-corrected chi connectivity index (χ0v) is 11.3. The summed E-state index contributed by atoms with van der Waals surface area (Å²) in [6, 6.07) is 3.73. The van der Waals surface area contributed by atoms with Gasteiger partial charge < -0.3 is 19.8 Å². The molecule has 5 nitrogen and oxygen atoms in total. The van der Waals surface area contributed by atoms with Crippen molar-refractivity contribution in [3.05, 3.63) is 24.2 Å². The van der Waals surface area contributed by atoms with Gasteiger partial charge >= 0.3 is 0 Å². The Labute approximate surface area is 112 Å². The van der Waals surface area contributed by atoms with Crippen LogP contribution < -0.4 is 5.73 Å². The van der Waals surface area contributed by atoms with Crippen molar-refractivity contribution in [2.75, 3.05) is 26.3 Å². The first-order valence-electron chi connectivity index (χ1n) is 5.01. The Morgan fingerprint density at radius 1 is 1.44 bits per heavy atom. The second-order valence-corrected chi connectivity index (χ2v) is 3.35. The second-order valence-electron chi connectivity index (χ2n) is 3.35. The van der Waals surface area contributed by atoms with Gasteiger partial charge in [-0.2, -0.15) is 0 Å². The van der Waals surface area contributed by atoms with E-state index in [4.69, 9.17) is 14.9 Å². The number of hydrogen-bond acceptors (Lipinski definition) is 3. The topological polar surface area (TPSA) is 64.0 Å². The van der Waals surface area contributed by atoms with E-state index in [1.54, 1.807) is 6.26 Å². The molecule has 0 spiro atoms. The molecule has 0 bridgehead atoms. The van der Waals surface area contributed by atoms with Gasteiger partial charge in [0.25, 0.3) is 0 Å². The van der Waals surface area contributed by atoms with Crippen molar-refractivity contribution in [2.45, 2.75) is 6.54 Å². The van der Waals surface area contributed by atoms with Crippen LogP contribution >= 0.6 is 24.0 Å². The van der Waals surface area contributed by atoms with Gasteiger partial charge in [0.05, 0.1) is 19.5 Å². The Morgan fingerprint density at radius 2 is 2.19 bits per heavy atom. The highest BCUT2D eigenvalue weighted by atomic mass is 127. The number of furan rings is 1. The van der Waals surface area contributed by atoms with Gasteiger partial charge in [-0.25, -0.2) is 4.99 Å². The van der Waals surface area contributed by atoms with Gasteiger partial charge in [0.15, 0.2) is 5.96 Å². The molecule has 1 saturated heterocycles. The van der Waals surface area contributed by atoms with Crippen LogP contribution in [0.2, 0.25) is 0 Å². The maximum absolute atomic E-state index is 5.84. The van der Waals surface area contributed by atoms with E-state index in [1.165, 1.54) is 0 Å². The predicted molar refractivity (Wildman–Crippen MR) is 71.8 cm³/mol. The van der Waals surface area contributed by atoms with E-state index in [1.807, 2.05) is 17.0 Å². The average Bonchev–Trinajstić information content (AvgIpc) is 2.80. The minimum absolute atomic E-state index is 0. The SMILES string of the molecule is I.NC(=NCc1ccco1)N1CCOCC1. The molecule has 0 amide bonds. The highest BCUT2D eigenvalue weighted by molar-refractivity contribution is 14.0. The third-order valence-corrected chi connectivity index (χ3v) is 2.31. The van der Waals surface area contributed by atoms with E-state index in [0.29, 0.717) is 12.5 Å². The molecule has 2 N–H and O–H groups in total. The average molecular weight is 337 g/mol. The molecule has 0 radical (unpaired) electrons. The van der Waals surface area contributed by atoms with Crippen molar-refractivity contribution in [3.8, 4) is 0 Å². The number of nitrogens with zero attached hydrogens (tertiary/aromatic N) is 2. The molecule has 1 fully saturated rings. The van der Waals surface area contributed by atoms with Crippen LogP contribution in [-0.2, 0) is 11.3 Å². The highest BCUT2D eigenvalue weighted by Gasteiger charge is 2.11. The molecule has 0 saturated carbocycles. The number of hydrogen-bond donors (Lipinski definition) is 1. The molecule has 0 atom stereocenters. The standard InChI is InChI=1S/C10H15N3O2.HI/c11-10(13-3-6-14-7-4-13)12-8-9-2-1-5-15-9;/h1-2,5H,3-4,6-8H2,(H2,11,12);1H.